The molecular weight excluding hydrogens is 466 g/mol. The number of benzene rings is 2. The van der Waals surface area contributed by atoms with Gasteiger partial charge in [-0.2, -0.15) is 4.98 Å². The van der Waals surface area contributed by atoms with E-state index in [0.717, 1.165) is 0 Å². The van der Waals surface area contributed by atoms with Crippen molar-refractivity contribution in [2.75, 3.05) is 57.3 Å². The van der Waals surface area contributed by atoms with Crippen molar-refractivity contribution >= 4 is 32.7 Å². The number of nitrogen functional groups attached to an aromatic ring is 1. The summed E-state index contributed by atoms with van der Waals surface area (Å²) in [4.78, 5) is 11.4. The summed E-state index contributed by atoms with van der Waals surface area (Å²) in [7, 11) is 1.88. The van der Waals surface area contributed by atoms with E-state index < -0.39 is 10.0 Å². The Morgan fingerprint density at radius 1 is 1.06 bits per heavy atom. The fourth-order valence-corrected chi connectivity index (χ4v) is 5.97. The van der Waals surface area contributed by atoms with E-state index in [1.54, 1.807) is 37.6 Å². The second kappa shape index (κ2) is 9.87. The zero-order chi connectivity index (χ0) is 25.2. The number of aromatic nitrogens is 2. The van der Waals surface area contributed by atoms with Crippen LogP contribution in [0.4, 0.5) is 11.8 Å². The van der Waals surface area contributed by atoms with Crippen molar-refractivity contribution in [1.82, 2.24) is 14.3 Å². The van der Waals surface area contributed by atoms with E-state index >= 15 is 0 Å². The molecule has 0 spiro atoms. The molecule has 2 N–H and O–H groups in total. The summed E-state index contributed by atoms with van der Waals surface area (Å²) in [6, 6.07) is 13.8. The number of anilines is 2. The highest BCUT2D eigenvalue weighted by Crippen LogP contribution is 2.38. The van der Waals surface area contributed by atoms with Crippen LogP contribution in [-0.2, 0) is 15.4 Å². The van der Waals surface area contributed by atoms with Crippen molar-refractivity contribution in [2.24, 2.45) is 0 Å². The van der Waals surface area contributed by atoms with E-state index in [9.17, 15) is 8.42 Å². The lowest BCUT2D eigenvalue weighted by Crippen LogP contribution is -2.50. The van der Waals surface area contributed by atoms with Crippen LogP contribution in [-0.4, -0.2) is 69.3 Å². The van der Waals surface area contributed by atoms with Crippen LogP contribution in [0.1, 0.15) is 25.3 Å². The lowest BCUT2D eigenvalue weighted by atomic mass is 9.73. The summed E-state index contributed by atoms with van der Waals surface area (Å²) < 4.78 is 37.4. The molecule has 9 nitrogen and oxygen atoms in total. The van der Waals surface area contributed by atoms with E-state index in [2.05, 4.69) is 17.1 Å². The Morgan fingerprint density at radius 2 is 1.69 bits per heavy atom. The molecule has 0 radical (unpaired) electrons. The highest BCUT2D eigenvalue weighted by atomic mass is 32.2. The Balaban J connectivity index is 1.68. The maximum Gasteiger partial charge on any atom is 0.227 e. The van der Waals surface area contributed by atoms with Gasteiger partial charge in [0.1, 0.15) is 5.82 Å². The summed E-state index contributed by atoms with van der Waals surface area (Å²) in [5.74, 6) is 2.10. The van der Waals surface area contributed by atoms with Crippen molar-refractivity contribution < 1.29 is 17.9 Å². The molecule has 4 rings (SSSR count). The van der Waals surface area contributed by atoms with Crippen LogP contribution in [0.3, 0.4) is 0 Å². The molecule has 2 heterocycles. The maximum atomic E-state index is 12.5. The van der Waals surface area contributed by atoms with E-state index in [4.69, 9.17) is 20.2 Å². The Kier molecular flexibility index (Phi) is 7.05. The standard InChI is InChI=1S/C25H33N5O4S/c1-5-35(31,32)30-13-11-25(12-14-30,18-9-7-6-8-10-18)17-29(2)24-27-20-16-22(34-4)21(33-3)15-19(20)23(26)28-24/h6-10,15-16H,5,11-14,17H2,1-4H3,(H2,26,27,28). The number of hydrogen-bond donors (Lipinski definition) is 1. The quantitative estimate of drug-likeness (QED) is 0.504. The van der Waals surface area contributed by atoms with Crippen molar-refractivity contribution in [3.8, 4) is 11.5 Å². The van der Waals surface area contributed by atoms with E-state index in [1.165, 1.54) is 5.56 Å². The van der Waals surface area contributed by atoms with Gasteiger partial charge in [0.25, 0.3) is 0 Å². The smallest absolute Gasteiger partial charge is 0.227 e. The number of hydrogen-bond acceptors (Lipinski definition) is 8. The third-order valence-corrected chi connectivity index (χ3v) is 8.81. The fraction of sp³-hybridized carbons (Fsp3) is 0.440. The lowest BCUT2D eigenvalue weighted by molar-refractivity contribution is 0.235. The van der Waals surface area contributed by atoms with Crippen LogP contribution in [0.25, 0.3) is 10.9 Å². The Hall–Kier alpha value is -3.11. The highest BCUT2D eigenvalue weighted by molar-refractivity contribution is 7.89. The van der Waals surface area contributed by atoms with Crippen LogP contribution in [0.15, 0.2) is 42.5 Å². The highest BCUT2D eigenvalue weighted by Gasteiger charge is 2.40. The molecule has 1 aliphatic heterocycles. The van der Waals surface area contributed by atoms with Gasteiger partial charge in [0.15, 0.2) is 11.5 Å². The number of ether oxygens (including phenoxy) is 2. The molecular formula is C25H33N5O4S. The summed E-state index contributed by atoms with van der Waals surface area (Å²) >= 11 is 0. The molecule has 1 aliphatic rings. The predicted molar refractivity (Wildman–Crippen MR) is 139 cm³/mol. The molecule has 2 aromatic carbocycles. The summed E-state index contributed by atoms with van der Waals surface area (Å²) in [5, 5.41) is 0.690. The minimum absolute atomic E-state index is 0.115. The van der Waals surface area contributed by atoms with Gasteiger partial charge in [-0.05, 0) is 31.4 Å². The Labute approximate surface area is 206 Å². The Bertz CT molecular complexity index is 1290. The molecule has 0 atom stereocenters. The third kappa shape index (κ3) is 4.85. The van der Waals surface area contributed by atoms with Gasteiger partial charge >= 0.3 is 0 Å². The van der Waals surface area contributed by atoms with Gasteiger partial charge in [0.05, 0.1) is 25.5 Å². The lowest BCUT2D eigenvalue weighted by Gasteiger charge is -2.43. The Morgan fingerprint density at radius 3 is 2.29 bits per heavy atom. The molecule has 0 saturated carbocycles. The topological polar surface area (TPSA) is 111 Å². The van der Waals surface area contributed by atoms with Crippen molar-refractivity contribution in [3.05, 3.63) is 48.0 Å². The predicted octanol–water partition coefficient (Wildman–Crippen LogP) is 3.05. The molecule has 1 saturated heterocycles. The van der Waals surface area contributed by atoms with Crippen LogP contribution in [0.2, 0.25) is 0 Å². The number of likely N-dealkylation sites (N-methyl/N-ethyl adjacent to an activating group) is 1. The molecule has 188 valence electrons. The van der Waals surface area contributed by atoms with Crippen molar-refractivity contribution in [3.63, 3.8) is 0 Å². The number of rotatable bonds is 8. The number of sulfonamides is 1. The van der Waals surface area contributed by atoms with Gasteiger partial charge in [-0.25, -0.2) is 17.7 Å². The molecule has 35 heavy (non-hydrogen) atoms. The molecule has 0 bridgehead atoms. The second-order valence-corrected chi connectivity index (χ2v) is 11.2. The van der Waals surface area contributed by atoms with Crippen molar-refractivity contribution in [2.45, 2.75) is 25.2 Å². The number of nitrogens with zero attached hydrogens (tertiary/aromatic N) is 4. The molecule has 10 heteroatoms. The van der Waals surface area contributed by atoms with Gasteiger partial charge in [-0.3, -0.25) is 0 Å². The van der Waals surface area contributed by atoms with Gasteiger partial charge in [-0.1, -0.05) is 30.3 Å². The molecule has 1 fully saturated rings. The van der Waals surface area contributed by atoms with E-state index in [-0.39, 0.29) is 11.2 Å². The fourth-order valence-electron chi connectivity index (χ4n) is 4.87. The maximum absolute atomic E-state index is 12.5. The molecule has 3 aromatic rings. The third-order valence-electron chi connectivity index (χ3n) is 6.92. The van der Waals surface area contributed by atoms with Crippen molar-refractivity contribution in [1.29, 1.82) is 0 Å². The van der Waals surface area contributed by atoms with Crippen LogP contribution in [0, 0.1) is 0 Å². The summed E-state index contributed by atoms with van der Waals surface area (Å²) in [6.45, 7) is 3.27. The zero-order valence-corrected chi connectivity index (χ0v) is 21.5. The summed E-state index contributed by atoms with van der Waals surface area (Å²) in [6.07, 6.45) is 1.41. The number of methoxy groups -OCH3 is 2. The monoisotopic (exact) mass is 499 g/mol. The molecule has 0 aliphatic carbocycles. The molecule has 0 unspecified atom stereocenters. The first-order valence-corrected chi connectivity index (χ1v) is 13.3. The number of piperidine rings is 1. The summed E-state index contributed by atoms with van der Waals surface area (Å²) in [5.41, 5.74) is 7.91. The van der Waals surface area contributed by atoms with Crippen LogP contribution in [0.5, 0.6) is 11.5 Å². The number of nitrogens with two attached hydrogens (primary N) is 1. The largest absolute Gasteiger partial charge is 0.493 e. The van der Waals surface area contributed by atoms with Crippen LogP contribution < -0.4 is 20.1 Å². The zero-order valence-electron chi connectivity index (χ0n) is 20.7. The van der Waals surface area contributed by atoms with Gasteiger partial charge < -0.3 is 20.1 Å². The first kappa shape index (κ1) is 25.0. The van der Waals surface area contributed by atoms with Crippen LogP contribution >= 0.6 is 0 Å². The first-order chi connectivity index (χ1) is 16.7. The van der Waals surface area contributed by atoms with E-state index in [1.807, 2.05) is 30.1 Å². The first-order valence-electron chi connectivity index (χ1n) is 11.7. The average molecular weight is 500 g/mol. The minimum Gasteiger partial charge on any atom is -0.493 e. The minimum atomic E-state index is -3.22. The normalized spacial score (nSPS) is 16.2. The van der Waals surface area contributed by atoms with Gasteiger partial charge in [0.2, 0.25) is 16.0 Å². The van der Waals surface area contributed by atoms with Gasteiger partial charge in [-0.15, -0.1) is 0 Å². The second-order valence-electron chi connectivity index (χ2n) is 8.94. The van der Waals surface area contributed by atoms with E-state index in [0.29, 0.717) is 66.6 Å². The average Bonchev–Trinajstić information content (AvgIpc) is 2.88. The molecule has 0 amide bonds. The van der Waals surface area contributed by atoms with Gasteiger partial charge in [0, 0.05) is 43.5 Å². The molecule has 1 aromatic heterocycles. The number of fused-ring (bicyclic) bond motifs is 1. The SMILES string of the molecule is CCS(=O)(=O)N1CCC(CN(C)c2nc(N)c3cc(OC)c(OC)cc3n2)(c2ccccc2)CC1.